The van der Waals surface area contributed by atoms with Crippen LogP contribution in [0.25, 0.3) is 0 Å². The maximum absolute atomic E-state index is 12.2. The summed E-state index contributed by atoms with van der Waals surface area (Å²) < 4.78 is 1.65. The van der Waals surface area contributed by atoms with Gasteiger partial charge in [-0.2, -0.15) is 5.10 Å². The van der Waals surface area contributed by atoms with Gasteiger partial charge in [-0.1, -0.05) is 20.3 Å². The zero-order valence-corrected chi connectivity index (χ0v) is 14.3. The Balaban J connectivity index is 2.00. The number of amides is 2. The second-order valence-corrected chi connectivity index (χ2v) is 6.16. The highest BCUT2D eigenvalue weighted by atomic mass is 32.1. The van der Waals surface area contributed by atoms with Gasteiger partial charge in [0.25, 0.3) is 0 Å². The number of nitrogens with one attached hydrogen (secondary N) is 1. The highest BCUT2D eigenvalue weighted by Crippen LogP contribution is 2.24. The van der Waals surface area contributed by atoms with E-state index in [2.05, 4.69) is 34.2 Å². The van der Waals surface area contributed by atoms with Crippen LogP contribution in [0.1, 0.15) is 36.7 Å². The minimum absolute atomic E-state index is 0.192. The van der Waals surface area contributed by atoms with Gasteiger partial charge in [-0.3, -0.25) is 10.00 Å². The van der Waals surface area contributed by atoms with Crippen LogP contribution < -0.4 is 5.32 Å². The number of carbonyl (C=O) groups is 1. The molecule has 2 rings (SSSR count). The monoisotopic (exact) mass is 322 g/mol. The number of nitrogens with zero attached hydrogens (tertiary/aromatic N) is 5. The van der Waals surface area contributed by atoms with Crippen LogP contribution in [0.5, 0.6) is 0 Å². The van der Waals surface area contributed by atoms with Gasteiger partial charge in [0.15, 0.2) is 5.13 Å². The number of anilines is 1. The summed E-state index contributed by atoms with van der Waals surface area (Å²) in [5.74, 6) is 0.734. The topological polar surface area (TPSA) is 75.9 Å². The average molecular weight is 322 g/mol. The maximum atomic E-state index is 12.2. The predicted molar refractivity (Wildman–Crippen MR) is 87.0 cm³/mol. The molecule has 0 bridgehead atoms. The first-order chi connectivity index (χ1) is 10.5. The van der Waals surface area contributed by atoms with E-state index in [-0.39, 0.29) is 6.03 Å². The Labute approximate surface area is 134 Å². The van der Waals surface area contributed by atoms with E-state index in [4.69, 9.17) is 0 Å². The van der Waals surface area contributed by atoms with Crippen LogP contribution in [0.15, 0.2) is 6.33 Å². The van der Waals surface area contributed by atoms with Crippen molar-refractivity contribution in [2.24, 2.45) is 7.05 Å². The molecule has 2 amide bonds. The van der Waals surface area contributed by atoms with Gasteiger partial charge in [-0.05, 0) is 12.8 Å². The van der Waals surface area contributed by atoms with E-state index in [1.54, 1.807) is 35.0 Å². The van der Waals surface area contributed by atoms with Crippen molar-refractivity contribution in [1.29, 1.82) is 0 Å². The smallest absolute Gasteiger partial charge is 0.320 e. The van der Waals surface area contributed by atoms with Crippen molar-refractivity contribution < 1.29 is 4.79 Å². The fourth-order valence-corrected chi connectivity index (χ4v) is 3.02. The molecule has 2 aromatic rings. The van der Waals surface area contributed by atoms with Gasteiger partial charge < -0.3 is 4.90 Å². The van der Waals surface area contributed by atoms with Crippen molar-refractivity contribution in [3.05, 3.63) is 22.7 Å². The zero-order valence-electron chi connectivity index (χ0n) is 13.5. The lowest BCUT2D eigenvalue weighted by Crippen LogP contribution is -2.31. The molecular formula is C14H22N6OS. The first kappa shape index (κ1) is 16.4. The highest BCUT2D eigenvalue weighted by Gasteiger charge is 2.15. The Morgan fingerprint density at radius 3 is 2.82 bits per heavy atom. The SMILES string of the molecule is CCCc1nc(NC(=O)N(C)Cc2ncnn2C)sc1CC. The fourth-order valence-electron chi connectivity index (χ4n) is 2.08. The molecule has 0 fully saturated rings. The molecule has 2 heterocycles. The van der Waals surface area contributed by atoms with Crippen LogP contribution in [0.2, 0.25) is 0 Å². The van der Waals surface area contributed by atoms with Crippen molar-refractivity contribution in [2.45, 2.75) is 39.7 Å². The molecule has 7 nitrogen and oxygen atoms in total. The van der Waals surface area contributed by atoms with Crippen molar-refractivity contribution >= 4 is 22.5 Å². The van der Waals surface area contributed by atoms with E-state index in [1.807, 2.05) is 0 Å². The summed E-state index contributed by atoms with van der Waals surface area (Å²) in [6, 6.07) is -0.192. The third kappa shape index (κ3) is 3.82. The first-order valence-electron chi connectivity index (χ1n) is 7.38. The van der Waals surface area contributed by atoms with Crippen LogP contribution in [0.3, 0.4) is 0 Å². The number of hydrogen-bond acceptors (Lipinski definition) is 5. The van der Waals surface area contributed by atoms with E-state index in [1.165, 1.54) is 11.2 Å². The summed E-state index contributed by atoms with van der Waals surface area (Å²) in [5.41, 5.74) is 1.10. The molecule has 0 atom stereocenters. The van der Waals surface area contributed by atoms with Crippen molar-refractivity contribution in [1.82, 2.24) is 24.6 Å². The molecular weight excluding hydrogens is 300 g/mol. The molecule has 0 saturated carbocycles. The van der Waals surface area contributed by atoms with Gasteiger partial charge in [0.1, 0.15) is 12.2 Å². The van der Waals surface area contributed by atoms with Crippen LogP contribution >= 0.6 is 11.3 Å². The lowest BCUT2D eigenvalue weighted by molar-refractivity contribution is 0.219. The normalized spacial score (nSPS) is 10.7. The molecule has 1 N–H and O–H groups in total. The zero-order chi connectivity index (χ0) is 16.1. The quantitative estimate of drug-likeness (QED) is 0.886. The summed E-state index contributed by atoms with van der Waals surface area (Å²) in [7, 11) is 3.53. The van der Waals surface area contributed by atoms with Crippen molar-refractivity contribution in [2.75, 3.05) is 12.4 Å². The third-order valence-corrected chi connectivity index (χ3v) is 4.49. The molecule has 2 aromatic heterocycles. The summed E-state index contributed by atoms with van der Waals surface area (Å²) in [6.45, 7) is 4.64. The molecule has 22 heavy (non-hydrogen) atoms. The predicted octanol–water partition coefficient (Wildman–Crippen LogP) is 2.45. The van der Waals surface area contributed by atoms with Crippen LogP contribution in [-0.2, 0) is 26.4 Å². The molecule has 0 spiro atoms. The van der Waals surface area contributed by atoms with Gasteiger partial charge in [-0.15, -0.1) is 11.3 Å². The maximum Gasteiger partial charge on any atom is 0.323 e. The molecule has 0 aromatic carbocycles. The Hall–Kier alpha value is -1.96. The lowest BCUT2D eigenvalue weighted by atomic mass is 10.2. The number of aryl methyl sites for hydroxylation is 3. The van der Waals surface area contributed by atoms with E-state index < -0.39 is 0 Å². The number of hydrogen-bond donors (Lipinski definition) is 1. The lowest BCUT2D eigenvalue weighted by Gasteiger charge is -2.16. The first-order valence-corrected chi connectivity index (χ1v) is 8.20. The summed E-state index contributed by atoms with van der Waals surface area (Å²) in [4.78, 5) is 23.7. The highest BCUT2D eigenvalue weighted by molar-refractivity contribution is 7.15. The second kappa shape index (κ2) is 7.35. The van der Waals surface area contributed by atoms with E-state index in [0.717, 1.165) is 30.8 Å². The number of aromatic nitrogens is 4. The standard InChI is InChI=1S/C14H22N6OS/c1-5-7-10-11(6-2)22-13(17-10)18-14(21)19(3)8-12-15-9-16-20(12)4/h9H,5-8H2,1-4H3,(H,17,18,21). The van der Waals surface area contributed by atoms with Crippen LogP contribution in [0.4, 0.5) is 9.93 Å². The molecule has 0 radical (unpaired) electrons. The molecule has 0 unspecified atom stereocenters. The minimum atomic E-state index is -0.192. The Bertz CT molecular complexity index is 635. The van der Waals surface area contributed by atoms with Gasteiger partial charge >= 0.3 is 6.03 Å². The van der Waals surface area contributed by atoms with Crippen LogP contribution in [0, 0.1) is 0 Å². The van der Waals surface area contributed by atoms with Gasteiger partial charge in [-0.25, -0.2) is 14.8 Å². The molecule has 0 saturated heterocycles. The van der Waals surface area contributed by atoms with Crippen molar-refractivity contribution in [3.63, 3.8) is 0 Å². The number of carbonyl (C=O) groups excluding carboxylic acids is 1. The molecule has 0 aliphatic carbocycles. The number of thiazole rings is 1. The minimum Gasteiger partial charge on any atom is -0.320 e. The number of urea groups is 1. The Morgan fingerprint density at radius 1 is 1.45 bits per heavy atom. The van der Waals surface area contributed by atoms with Crippen LogP contribution in [-0.4, -0.2) is 37.7 Å². The average Bonchev–Trinajstić information content (AvgIpc) is 3.06. The largest absolute Gasteiger partial charge is 0.323 e. The Morgan fingerprint density at radius 2 is 2.23 bits per heavy atom. The van der Waals surface area contributed by atoms with E-state index in [0.29, 0.717) is 11.7 Å². The number of rotatable bonds is 6. The van der Waals surface area contributed by atoms with Gasteiger partial charge in [0.05, 0.1) is 12.2 Å². The molecule has 120 valence electrons. The second-order valence-electron chi connectivity index (χ2n) is 5.08. The van der Waals surface area contributed by atoms with Gasteiger partial charge in [0, 0.05) is 19.0 Å². The fraction of sp³-hybridized carbons (Fsp3) is 0.571. The molecule has 8 heteroatoms. The summed E-state index contributed by atoms with van der Waals surface area (Å²) in [6.07, 6.45) is 4.42. The van der Waals surface area contributed by atoms with E-state index >= 15 is 0 Å². The molecule has 0 aliphatic heterocycles. The van der Waals surface area contributed by atoms with Crippen molar-refractivity contribution in [3.8, 4) is 0 Å². The molecule has 0 aliphatic rings. The van der Waals surface area contributed by atoms with Gasteiger partial charge in [0.2, 0.25) is 0 Å². The summed E-state index contributed by atoms with van der Waals surface area (Å²) >= 11 is 1.55. The van der Waals surface area contributed by atoms with E-state index in [9.17, 15) is 4.79 Å². The third-order valence-electron chi connectivity index (χ3n) is 3.33. The summed E-state index contributed by atoms with van der Waals surface area (Å²) in [5, 5.41) is 7.52. The Kier molecular flexibility index (Phi) is 5.48.